The van der Waals surface area contributed by atoms with Crippen LogP contribution in [-0.4, -0.2) is 36.0 Å². The molecule has 8 nitrogen and oxygen atoms in total. The van der Waals surface area contributed by atoms with E-state index in [1.807, 2.05) is 0 Å². The van der Waals surface area contributed by atoms with Gasteiger partial charge in [-0.1, -0.05) is 0 Å². The molecule has 3 rings (SSSR count). The van der Waals surface area contributed by atoms with Gasteiger partial charge in [-0.25, -0.2) is 0 Å². The third-order valence-corrected chi connectivity index (χ3v) is 4.12. The number of anilines is 1. The minimum atomic E-state index is -0.386. The van der Waals surface area contributed by atoms with Crippen LogP contribution >= 0.6 is 11.8 Å². The molecule has 1 aromatic carbocycles. The lowest BCUT2D eigenvalue weighted by atomic mass is 10.3. The quantitative estimate of drug-likeness (QED) is 0.604. The first-order valence-corrected chi connectivity index (χ1v) is 7.77. The second-order valence-corrected chi connectivity index (χ2v) is 5.95. The van der Waals surface area contributed by atoms with Crippen LogP contribution in [-0.2, 0) is 9.59 Å². The Morgan fingerprint density at radius 1 is 1.41 bits per heavy atom. The summed E-state index contributed by atoms with van der Waals surface area (Å²) in [7, 11) is 0. The molecular formula is C13H16N4O4S. The molecule has 5 N–H and O–H groups in total. The van der Waals surface area contributed by atoms with Crippen molar-refractivity contribution < 1.29 is 19.1 Å². The maximum Gasteiger partial charge on any atom is 0.234 e. The molecule has 2 aliphatic heterocycles. The van der Waals surface area contributed by atoms with Crippen LogP contribution in [0.5, 0.6) is 11.5 Å². The van der Waals surface area contributed by atoms with Crippen molar-refractivity contribution in [3.8, 4) is 11.5 Å². The summed E-state index contributed by atoms with van der Waals surface area (Å²) in [6, 6.07) is 5.20. The molecule has 1 aromatic rings. The number of rotatable bonds is 4. The second kappa shape index (κ2) is 6.42. The summed E-state index contributed by atoms with van der Waals surface area (Å²) in [5.41, 5.74) is 5.96. The van der Waals surface area contributed by atoms with Crippen molar-refractivity contribution in [2.75, 3.05) is 17.9 Å². The number of hydrogen-bond donors (Lipinski definition) is 4. The van der Waals surface area contributed by atoms with Gasteiger partial charge < -0.3 is 25.8 Å². The van der Waals surface area contributed by atoms with Crippen molar-refractivity contribution in [3.05, 3.63) is 18.2 Å². The molecule has 22 heavy (non-hydrogen) atoms. The number of amides is 2. The Hall–Kier alpha value is -1.97. The van der Waals surface area contributed by atoms with Gasteiger partial charge in [0, 0.05) is 11.8 Å². The number of carbonyl (C=O) groups is 2. The van der Waals surface area contributed by atoms with Crippen molar-refractivity contribution in [1.29, 1.82) is 0 Å². The predicted molar refractivity (Wildman–Crippen MR) is 81.3 cm³/mol. The highest BCUT2D eigenvalue weighted by molar-refractivity contribution is 8.00. The standard InChI is InChI=1S/C13H16N4O4S/c14-10-4-11(18)17-13(16-10)22-5-12(19)15-7-1-2-8-9(3-7)21-6-20-8/h1-3,10,13,16H,4-6,14H2,(H,15,19)(H,17,18). The zero-order valence-corrected chi connectivity index (χ0v) is 12.4. The van der Waals surface area contributed by atoms with Gasteiger partial charge in [-0.05, 0) is 12.1 Å². The zero-order valence-electron chi connectivity index (χ0n) is 11.6. The Morgan fingerprint density at radius 2 is 2.23 bits per heavy atom. The number of nitrogens with two attached hydrogens (primary N) is 1. The molecule has 0 radical (unpaired) electrons. The molecule has 1 fully saturated rings. The Kier molecular flexibility index (Phi) is 4.36. The topological polar surface area (TPSA) is 115 Å². The van der Waals surface area contributed by atoms with Crippen molar-refractivity contribution >= 4 is 29.3 Å². The van der Waals surface area contributed by atoms with E-state index in [-0.39, 0.29) is 42.4 Å². The Bertz CT molecular complexity index is 597. The summed E-state index contributed by atoms with van der Waals surface area (Å²) < 4.78 is 10.5. The van der Waals surface area contributed by atoms with E-state index in [1.54, 1.807) is 18.2 Å². The van der Waals surface area contributed by atoms with Crippen molar-refractivity contribution in [3.63, 3.8) is 0 Å². The van der Waals surface area contributed by atoms with Gasteiger partial charge in [-0.3, -0.25) is 14.9 Å². The SMILES string of the molecule is NC1CC(=O)NC(SCC(=O)Nc2ccc3c(c2)OCO3)N1. The van der Waals surface area contributed by atoms with E-state index in [9.17, 15) is 9.59 Å². The molecule has 2 atom stereocenters. The van der Waals surface area contributed by atoms with Crippen molar-refractivity contribution in [2.45, 2.75) is 18.1 Å². The third kappa shape index (κ3) is 3.62. The third-order valence-electron chi connectivity index (χ3n) is 3.10. The van der Waals surface area contributed by atoms with Gasteiger partial charge >= 0.3 is 0 Å². The molecule has 0 spiro atoms. The van der Waals surface area contributed by atoms with E-state index in [2.05, 4.69) is 16.0 Å². The highest BCUT2D eigenvalue weighted by Gasteiger charge is 2.24. The van der Waals surface area contributed by atoms with Crippen molar-refractivity contribution in [2.24, 2.45) is 5.73 Å². The molecule has 118 valence electrons. The van der Waals surface area contributed by atoms with Crippen LogP contribution in [0, 0.1) is 0 Å². The lowest BCUT2D eigenvalue weighted by Gasteiger charge is -2.28. The Balaban J connectivity index is 1.49. The molecule has 2 heterocycles. The summed E-state index contributed by atoms with van der Waals surface area (Å²) in [6.07, 6.45) is -0.149. The molecule has 0 saturated carbocycles. The summed E-state index contributed by atoms with van der Waals surface area (Å²) in [6.45, 7) is 0.190. The number of nitrogens with one attached hydrogen (secondary N) is 3. The van der Waals surface area contributed by atoms with E-state index in [1.165, 1.54) is 11.8 Å². The molecule has 0 aromatic heterocycles. The van der Waals surface area contributed by atoms with Crippen LogP contribution in [0.25, 0.3) is 0 Å². The van der Waals surface area contributed by atoms with Gasteiger partial charge in [0.05, 0.1) is 18.3 Å². The normalized spacial score (nSPS) is 23.0. The summed E-state index contributed by atoms with van der Waals surface area (Å²) >= 11 is 1.27. The average molecular weight is 324 g/mol. The molecule has 2 aliphatic rings. The van der Waals surface area contributed by atoms with Gasteiger partial charge in [0.25, 0.3) is 0 Å². The average Bonchev–Trinajstić information content (AvgIpc) is 2.92. The largest absolute Gasteiger partial charge is 0.454 e. The summed E-state index contributed by atoms with van der Waals surface area (Å²) in [5, 5.41) is 8.48. The van der Waals surface area contributed by atoms with Gasteiger partial charge in [0.1, 0.15) is 5.50 Å². The van der Waals surface area contributed by atoms with E-state index in [4.69, 9.17) is 15.2 Å². The maximum atomic E-state index is 11.9. The van der Waals surface area contributed by atoms with Crippen LogP contribution < -0.4 is 31.2 Å². The first-order chi connectivity index (χ1) is 10.6. The van der Waals surface area contributed by atoms with Crippen LogP contribution in [0.15, 0.2) is 18.2 Å². The fourth-order valence-electron chi connectivity index (χ4n) is 2.12. The predicted octanol–water partition coefficient (Wildman–Crippen LogP) is -0.235. The Labute approximate surface area is 131 Å². The smallest absolute Gasteiger partial charge is 0.234 e. The molecule has 2 unspecified atom stereocenters. The van der Waals surface area contributed by atoms with Gasteiger partial charge in [-0.2, -0.15) is 0 Å². The molecule has 1 saturated heterocycles. The zero-order chi connectivity index (χ0) is 15.5. The number of hydrogen-bond acceptors (Lipinski definition) is 7. The monoisotopic (exact) mass is 324 g/mol. The van der Waals surface area contributed by atoms with Crippen LogP contribution in [0.1, 0.15) is 6.42 Å². The minimum Gasteiger partial charge on any atom is -0.454 e. The van der Waals surface area contributed by atoms with Crippen LogP contribution in [0.4, 0.5) is 5.69 Å². The number of carbonyl (C=O) groups excluding carboxylic acids is 2. The first-order valence-electron chi connectivity index (χ1n) is 6.72. The fraction of sp³-hybridized carbons (Fsp3) is 0.385. The van der Waals surface area contributed by atoms with Crippen molar-refractivity contribution in [1.82, 2.24) is 10.6 Å². The Morgan fingerprint density at radius 3 is 3.05 bits per heavy atom. The van der Waals surface area contributed by atoms with E-state index in [0.717, 1.165) is 0 Å². The molecule has 2 amide bonds. The molecular weight excluding hydrogens is 308 g/mol. The van der Waals surface area contributed by atoms with Gasteiger partial charge in [-0.15, -0.1) is 11.8 Å². The van der Waals surface area contributed by atoms with Crippen LogP contribution in [0.3, 0.4) is 0 Å². The number of thioether (sulfide) groups is 1. The lowest BCUT2D eigenvalue weighted by Crippen LogP contribution is -2.58. The number of ether oxygens (including phenoxy) is 2. The fourth-order valence-corrected chi connectivity index (χ4v) is 3.00. The van der Waals surface area contributed by atoms with E-state index < -0.39 is 0 Å². The first kappa shape index (κ1) is 14.9. The molecule has 0 aliphatic carbocycles. The molecule has 0 bridgehead atoms. The van der Waals surface area contributed by atoms with Gasteiger partial charge in [0.15, 0.2) is 11.5 Å². The summed E-state index contributed by atoms with van der Waals surface area (Å²) in [4.78, 5) is 23.3. The second-order valence-electron chi connectivity index (χ2n) is 4.85. The summed E-state index contributed by atoms with van der Waals surface area (Å²) in [5.74, 6) is 1.14. The lowest BCUT2D eigenvalue weighted by molar-refractivity contribution is -0.123. The maximum absolute atomic E-state index is 11.9. The van der Waals surface area contributed by atoms with E-state index >= 15 is 0 Å². The van der Waals surface area contributed by atoms with E-state index in [0.29, 0.717) is 17.2 Å². The van der Waals surface area contributed by atoms with Crippen LogP contribution in [0.2, 0.25) is 0 Å². The van der Waals surface area contributed by atoms with Gasteiger partial charge in [0.2, 0.25) is 18.6 Å². The minimum absolute atomic E-state index is 0.125. The molecule has 9 heteroatoms. The highest BCUT2D eigenvalue weighted by atomic mass is 32.2. The number of fused-ring (bicyclic) bond motifs is 1. The highest BCUT2D eigenvalue weighted by Crippen LogP contribution is 2.34. The number of benzene rings is 1.